The van der Waals surface area contributed by atoms with Gasteiger partial charge in [-0.1, -0.05) is 38.1 Å². The van der Waals surface area contributed by atoms with E-state index in [1.165, 1.54) is 0 Å². The van der Waals surface area contributed by atoms with Crippen molar-refractivity contribution in [1.82, 2.24) is 10.2 Å². The van der Waals surface area contributed by atoms with Crippen molar-refractivity contribution in [3.8, 4) is 0 Å². The maximum atomic E-state index is 5.97. The van der Waals surface area contributed by atoms with Crippen LogP contribution in [0.25, 0.3) is 10.8 Å². The van der Waals surface area contributed by atoms with Gasteiger partial charge in [0.05, 0.1) is 6.20 Å². The normalized spacial score (nSPS) is 11.2. The number of benzene rings is 1. The number of hydrogen-bond donors (Lipinski definition) is 0. The molecule has 1 aromatic heterocycles. The molecule has 0 aliphatic carbocycles. The SMILES string of the molecule is CCC(CC)N(CCCl)c1nncc2ccccc12. The van der Waals surface area contributed by atoms with Crippen LogP contribution in [0.15, 0.2) is 30.5 Å². The van der Waals surface area contributed by atoms with E-state index in [-0.39, 0.29) is 0 Å². The zero-order chi connectivity index (χ0) is 13.7. The predicted molar refractivity (Wildman–Crippen MR) is 82.0 cm³/mol. The van der Waals surface area contributed by atoms with Crippen molar-refractivity contribution in [2.45, 2.75) is 32.7 Å². The molecule has 2 rings (SSSR count). The van der Waals surface area contributed by atoms with E-state index in [0.717, 1.165) is 36.0 Å². The Bertz CT molecular complexity index is 520. The Morgan fingerprint density at radius 3 is 2.63 bits per heavy atom. The summed E-state index contributed by atoms with van der Waals surface area (Å²) in [6.07, 6.45) is 3.97. The van der Waals surface area contributed by atoms with E-state index in [0.29, 0.717) is 11.9 Å². The van der Waals surface area contributed by atoms with Gasteiger partial charge in [0.25, 0.3) is 0 Å². The van der Waals surface area contributed by atoms with Crippen molar-refractivity contribution in [3.05, 3.63) is 30.5 Å². The highest BCUT2D eigenvalue weighted by Gasteiger charge is 2.18. The zero-order valence-electron chi connectivity index (χ0n) is 11.5. The fourth-order valence-corrected chi connectivity index (χ4v) is 2.69. The largest absolute Gasteiger partial charge is 0.350 e. The summed E-state index contributed by atoms with van der Waals surface area (Å²) in [6.45, 7) is 5.21. The second kappa shape index (κ2) is 6.71. The third-order valence-electron chi connectivity index (χ3n) is 3.53. The maximum absolute atomic E-state index is 5.97. The van der Waals surface area contributed by atoms with Crippen LogP contribution in [0.5, 0.6) is 0 Å². The highest BCUT2D eigenvalue weighted by atomic mass is 35.5. The first-order chi connectivity index (χ1) is 9.31. The van der Waals surface area contributed by atoms with Gasteiger partial charge in [-0.25, -0.2) is 0 Å². The standard InChI is InChI=1S/C15H20ClN3/c1-3-13(4-2)19(10-9-16)15-14-8-6-5-7-12(14)11-17-18-15/h5-8,11,13H,3-4,9-10H2,1-2H3. The summed E-state index contributed by atoms with van der Waals surface area (Å²) < 4.78 is 0. The van der Waals surface area contributed by atoms with Crippen molar-refractivity contribution in [3.63, 3.8) is 0 Å². The number of aromatic nitrogens is 2. The van der Waals surface area contributed by atoms with Crippen LogP contribution >= 0.6 is 11.6 Å². The summed E-state index contributed by atoms with van der Waals surface area (Å²) in [4.78, 5) is 2.29. The minimum Gasteiger partial charge on any atom is -0.350 e. The number of alkyl halides is 1. The van der Waals surface area contributed by atoms with Gasteiger partial charge < -0.3 is 4.90 Å². The Hall–Kier alpha value is -1.35. The molecule has 0 aliphatic heterocycles. The van der Waals surface area contributed by atoms with Crippen LogP contribution < -0.4 is 4.90 Å². The molecule has 0 atom stereocenters. The quantitative estimate of drug-likeness (QED) is 0.751. The van der Waals surface area contributed by atoms with Gasteiger partial charge in [0.1, 0.15) is 0 Å². The van der Waals surface area contributed by atoms with Crippen LogP contribution in [0.1, 0.15) is 26.7 Å². The lowest BCUT2D eigenvalue weighted by atomic mass is 10.1. The smallest absolute Gasteiger partial charge is 0.159 e. The first-order valence-corrected chi connectivity index (χ1v) is 7.38. The van der Waals surface area contributed by atoms with E-state index in [9.17, 15) is 0 Å². The van der Waals surface area contributed by atoms with Gasteiger partial charge in [-0.15, -0.1) is 16.7 Å². The lowest BCUT2D eigenvalue weighted by molar-refractivity contribution is 0.562. The van der Waals surface area contributed by atoms with Crippen molar-refractivity contribution in [2.75, 3.05) is 17.3 Å². The minimum absolute atomic E-state index is 0.457. The molecule has 0 amide bonds. The van der Waals surface area contributed by atoms with Crippen molar-refractivity contribution >= 4 is 28.2 Å². The van der Waals surface area contributed by atoms with E-state index in [2.05, 4.69) is 41.1 Å². The number of rotatable bonds is 6. The molecule has 0 aliphatic rings. The molecule has 1 aromatic carbocycles. The second-order valence-corrected chi connectivity index (χ2v) is 4.99. The zero-order valence-corrected chi connectivity index (χ0v) is 12.3. The lowest BCUT2D eigenvalue weighted by Gasteiger charge is -2.31. The second-order valence-electron chi connectivity index (χ2n) is 4.61. The molecule has 0 saturated heterocycles. The van der Waals surface area contributed by atoms with Crippen LogP contribution in [0.4, 0.5) is 5.82 Å². The van der Waals surface area contributed by atoms with Gasteiger partial charge >= 0.3 is 0 Å². The highest BCUT2D eigenvalue weighted by molar-refractivity contribution is 6.18. The molecule has 19 heavy (non-hydrogen) atoms. The van der Waals surface area contributed by atoms with Crippen LogP contribution in [0.2, 0.25) is 0 Å². The molecule has 1 heterocycles. The summed E-state index contributed by atoms with van der Waals surface area (Å²) in [5, 5.41) is 10.8. The van der Waals surface area contributed by atoms with Crippen LogP contribution in [-0.4, -0.2) is 28.7 Å². The van der Waals surface area contributed by atoms with Gasteiger partial charge in [0.2, 0.25) is 0 Å². The lowest BCUT2D eigenvalue weighted by Crippen LogP contribution is -2.37. The third-order valence-corrected chi connectivity index (χ3v) is 3.70. The number of nitrogens with zero attached hydrogens (tertiary/aromatic N) is 3. The Balaban J connectivity index is 2.49. The van der Waals surface area contributed by atoms with Crippen molar-refractivity contribution in [2.24, 2.45) is 0 Å². The van der Waals surface area contributed by atoms with Crippen LogP contribution in [-0.2, 0) is 0 Å². The number of hydrogen-bond acceptors (Lipinski definition) is 3. The minimum atomic E-state index is 0.457. The van der Waals surface area contributed by atoms with E-state index in [4.69, 9.17) is 11.6 Å². The third kappa shape index (κ3) is 2.98. The van der Waals surface area contributed by atoms with Gasteiger partial charge in [0.15, 0.2) is 5.82 Å². The van der Waals surface area contributed by atoms with Gasteiger partial charge in [-0.2, -0.15) is 5.10 Å². The Morgan fingerprint density at radius 2 is 1.95 bits per heavy atom. The van der Waals surface area contributed by atoms with Crippen LogP contribution in [0, 0.1) is 0 Å². The fourth-order valence-electron chi connectivity index (χ4n) is 2.51. The van der Waals surface area contributed by atoms with E-state index >= 15 is 0 Å². The molecule has 0 bridgehead atoms. The van der Waals surface area contributed by atoms with Gasteiger partial charge in [0, 0.05) is 29.2 Å². The average molecular weight is 278 g/mol. The molecule has 0 unspecified atom stereocenters. The van der Waals surface area contributed by atoms with Gasteiger partial charge in [-0.05, 0) is 12.8 Å². The maximum Gasteiger partial charge on any atom is 0.159 e. The first-order valence-electron chi connectivity index (χ1n) is 6.84. The molecule has 4 heteroatoms. The highest BCUT2D eigenvalue weighted by Crippen LogP contribution is 2.26. The summed E-state index contributed by atoms with van der Waals surface area (Å²) in [6, 6.07) is 8.69. The molecule has 2 aromatic rings. The summed E-state index contributed by atoms with van der Waals surface area (Å²) in [5.74, 6) is 1.55. The number of halogens is 1. The van der Waals surface area contributed by atoms with E-state index in [1.54, 1.807) is 0 Å². The molecular weight excluding hydrogens is 258 g/mol. The number of anilines is 1. The fraction of sp³-hybridized carbons (Fsp3) is 0.467. The summed E-state index contributed by atoms with van der Waals surface area (Å²) in [7, 11) is 0. The Labute approximate surface area is 119 Å². The molecule has 0 spiro atoms. The van der Waals surface area contributed by atoms with Gasteiger partial charge in [-0.3, -0.25) is 0 Å². The molecule has 3 nitrogen and oxygen atoms in total. The average Bonchev–Trinajstić information content (AvgIpc) is 2.47. The molecule has 0 radical (unpaired) electrons. The molecular formula is C15H20ClN3. The summed E-state index contributed by atoms with van der Waals surface area (Å²) >= 11 is 5.97. The van der Waals surface area contributed by atoms with E-state index in [1.807, 2.05) is 18.3 Å². The molecule has 0 fully saturated rings. The molecule has 0 saturated carbocycles. The summed E-state index contributed by atoms with van der Waals surface area (Å²) in [5.41, 5.74) is 0. The topological polar surface area (TPSA) is 29.0 Å². The monoisotopic (exact) mass is 277 g/mol. The molecule has 102 valence electrons. The Kier molecular flexibility index (Phi) is 4.97. The number of fused-ring (bicyclic) bond motifs is 1. The van der Waals surface area contributed by atoms with Crippen molar-refractivity contribution in [1.29, 1.82) is 0 Å². The molecule has 0 N–H and O–H groups in total. The first kappa shape index (κ1) is 14.1. The van der Waals surface area contributed by atoms with Crippen molar-refractivity contribution < 1.29 is 0 Å². The van der Waals surface area contributed by atoms with Crippen LogP contribution in [0.3, 0.4) is 0 Å². The van der Waals surface area contributed by atoms with E-state index < -0.39 is 0 Å². The Morgan fingerprint density at radius 1 is 1.21 bits per heavy atom. The predicted octanol–water partition coefficient (Wildman–Crippen LogP) is 3.86.